The Kier molecular flexibility index (Phi) is 7.43. The molecule has 4 N–H and O–H groups in total. The van der Waals surface area contributed by atoms with E-state index in [2.05, 4.69) is 20.4 Å². The van der Waals surface area contributed by atoms with Crippen LogP contribution in [0.25, 0.3) is 22.6 Å². The molecule has 1 amide bonds. The predicted octanol–water partition coefficient (Wildman–Crippen LogP) is 1.73. The molecule has 192 valence electrons. The highest BCUT2D eigenvalue weighted by atomic mass is 31.2. The third-order valence-corrected chi connectivity index (χ3v) is 5.62. The van der Waals surface area contributed by atoms with Gasteiger partial charge in [0.05, 0.1) is 24.9 Å². The van der Waals surface area contributed by atoms with E-state index in [1.54, 1.807) is 30.5 Å². The van der Waals surface area contributed by atoms with E-state index in [4.69, 9.17) is 24.0 Å². The Morgan fingerprint density at radius 1 is 1.22 bits per heavy atom. The number of aliphatic hydroxyl groups excluding tert-OH is 1. The molecule has 0 radical (unpaired) electrons. The summed E-state index contributed by atoms with van der Waals surface area (Å²) < 4.78 is 29.1. The van der Waals surface area contributed by atoms with E-state index in [-0.39, 0.29) is 12.5 Å². The fourth-order valence-electron chi connectivity index (χ4n) is 3.69. The molecule has 2 atom stereocenters. The Bertz CT molecular complexity index is 1270. The maximum atomic E-state index is 14.9. The van der Waals surface area contributed by atoms with Gasteiger partial charge in [0.1, 0.15) is 17.6 Å². The molecule has 5 rings (SSSR count). The van der Waals surface area contributed by atoms with Gasteiger partial charge in [0.25, 0.3) is 0 Å². The number of anilines is 1. The number of carbonyl (C=O) groups is 1. The van der Waals surface area contributed by atoms with Crippen molar-refractivity contribution >= 4 is 19.6 Å². The van der Waals surface area contributed by atoms with Crippen LogP contribution < -0.4 is 4.90 Å². The number of amides is 1. The van der Waals surface area contributed by atoms with Gasteiger partial charge in [0.2, 0.25) is 5.82 Å². The number of carbonyl (C=O) groups excluding carboxylic acids is 1. The summed E-state index contributed by atoms with van der Waals surface area (Å²) in [6, 6.07) is 8.00. The molecule has 3 heterocycles. The molecule has 1 saturated carbocycles. The summed E-state index contributed by atoms with van der Waals surface area (Å²) in [7, 11) is -4.64. The topological polar surface area (TPSA) is 184 Å². The highest BCUT2D eigenvalue weighted by molar-refractivity contribution is 7.45. The Hall–Kier alpha value is -3.29. The predicted molar refractivity (Wildman–Crippen MR) is 123 cm³/mol. The number of benzene rings is 1. The highest BCUT2D eigenvalue weighted by Crippen LogP contribution is 2.37. The lowest BCUT2D eigenvalue weighted by molar-refractivity contribution is 0.0200. The SMILES string of the molecule is CCn1nnc(-c2ccc(-c3ccc(N4C[C@H](C(O)C5CC5)OC4=O)cc3F)cn2)n1.O=P(O)(O)O. The number of aliphatic hydroxyl groups is 1. The average Bonchev–Trinajstić information content (AvgIpc) is 3.43. The van der Waals surface area contributed by atoms with E-state index in [0.717, 1.165) is 12.8 Å². The number of hydrogen-bond acceptors (Lipinski definition) is 8. The Morgan fingerprint density at radius 3 is 2.50 bits per heavy atom. The molecule has 13 nitrogen and oxygen atoms in total. The second-order valence-corrected chi connectivity index (χ2v) is 9.30. The second-order valence-electron chi connectivity index (χ2n) is 8.27. The van der Waals surface area contributed by atoms with Gasteiger partial charge in [-0.25, -0.2) is 13.8 Å². The first-order valence-corrected chi connectivity index (χ1v) is 12.6. The molecule has 15 heteroatoms. The molecular formula is C21H24FN6O7P. The van der Waals surface area contributed by atoms with Crippen molar-refractivity contribution in [1.82, 2.24) is 25.2 Å². The smallest absolute Gasteiger partial charge is 0.441 e. The van der Waals surface area contributed by atoms with Gasteiger partial charge in [-0.2, -0.15) is 4.80 Å². The van der Waals surface area contributed by atoms with Crippen LogP contribution in [0, 0.1) is 11.7 Å². The zero-order valence-corrected chi connectivity index (χ0v) is 19.9. The number of phosphoric acid groups is 1. The van der Waals surface area contributed by atoms with Gasteiger partial charge in [-0.3, -0.25) is 9.88 Å². The first kappa shape index (κ1) is 25.8. The van der Waals surface area contributed by atoms with Crippen molar-refractivity contribution < 1.29 is 38.3 Å². The van der Waals surface area contributed by atoms with Crippen molar-refractivity contribution in [3.63, 3.8) is 0 Å². The highest BCUT2D eigenvalue weighted by Gasteiger charge is 2.43. The summed E-state index contributed by atoms with van der Waals surface area (Å²) >= 11 is 0. The van der Waals surface area contributed by atoms with Crippen molar-refractivity contribution in [2.24, 2.45) is 5.92 Å². The minimum Gasteiger partial charge on any atom is -0.441 e. The number of tetrazole rings is 1. The molecule has 0 spiro atoms. The van der Waals surface area contributed by atoms with Crippen LogP contribution in [0.5, 0.6) is 0 Å². The number of aromatic nitrogens is 5. The standard InChI is InChI=1S/C21H21FN6O3.H3O4P/c1-2-28-25-20(24-26-28)17-8-5-13(10-23-17)15-7-6-14(9-16(15)22)27-11-18(31-21(27)30)19(29)12-3-4-12;1-5(2,3)4/h5-10,12,18-19,29H,2-4,11H2,1H3;(H3,1,2,3,4)/t18-,19?;/m1./s1. The maximum Gasteiger partial charge on any atom is 0.466 e. The molecule has 36 heavy (non-hydrogen) atoms. The molecular weight excluding hydrogens is 498 g/mol. The van der Waals surface area contributed by atoms with Crippen LogP contribution >= 0.6 is 7.82 Å². The summed E-state index contributed by atoms with van der Waals surface area (Å²) in [6.45, 7) is 2.72. The number of rotatable bonds is 6. The van der Waals surface area contributed by atoms with E-state index < -0.39 is 31.9 Å². The fraction of sp³-hybridized carbons (Fsp3) is 0.381. The minimum atomic E-state index is -4.64. The molecule has 0 bridgehead atoms. The van der Waals surface area contributed by atoms with Crippen LogP contribution in [-0.4, -0.2) is 69.8 Å². The summed E-state index contributed by atoms with van der Waals surface area (Å²) in [5, 5.41) is 22.3. The van der Waals surface area contributed by atoms with Gasteiger partial charge >= 0.3 is 13.9 Å². The van der Waals surface area contributed by atoms with Crippen LogP contribution in [0.15, 0.2) is 36.5 Å². The first-order valence-electron chi connectivity index (χ1n) is 11.0. The van der Waals surface area contributed by atoms with Crippen molar-refractivity contribution in [2.75, 3.05) is 11.4 Å². The quantitative estimate of drug-likeness (QED) is 0.346. The monoisotopic (exact) mass is 522 g/mol. The van der Waals surface area contributed by atoms with E-state index in [9.17, 15) is 14.3 Å². The fourth-order valence-corrected chi connectivity index (χ4v) is 3.69. The van der Waals surface area contributed by atoms with Crippen molar-refractivity contribution in [1.29, 1.82) is 0 Å². The van der Waals surface area contributed by atoms with E-state index >= 15 is 0 Å². The summed E-state index contributed by atoms with van der Waals surface area (Å²) in [6.07, 6.45) is 1.61. The largest absolute Gasteiger partial charge is 0.466 e. The van der Waals surface area contributed by atoms with Gasteiger partial charge < -0.3 is 24.5 Å². The Morgan fingerprint density at radius 2 is 1.94 bits per heavy atom. The molecule has 2 aromatic heterocycles. The van der Waals surface area contributed by atoms with Crippen LogP contribution in [0.3, 0.4) is 0 Å². The van der Waals surface area contributed by atoms with Gasteiger partial charge in [0.15, 0.2) is 0 Å². The number of cyclic esters (lactones) is 1. The number of pyridine rings is 1. The first-order chi connectivity index (χ1) is 17.0. The van der Waals surface area contributed by atoms with Gasteiger partial charge in [0, 0.05) is 17.3 Å². The maximum absolute atomic E-state index is 14.9. The number of aryl methyl sites for hydroxylation is 1. The molecule has 2 aliphatic rings. The summed E-state index contributed by atoms with van der Waals surface area (Å²) in [5.41, 5.74) is 1.87. The van der Waals surface area contributed by atoms with Crippen LogP contribution in [0.4, 0.5) is 14.9 Å². The van der Waals surface area contributed by atoms with Crippen LogP contribution in [0.2, 0.25) is 0 Å². The molecule has 1 aliphatic carbocycles. The molecule has 2 fully saturated rings. The molecule has 1 aromatic carbocycles. The van der Waals surface area contributed by atoms with Crippen molar-refractivity contribution in [3.05, 3.63) is 42.3 Å². The molecule has 1 saturated heterocycles. The van der Waals surface area contributed by atoms with Gasteiger partial charge in [-0.15, -0.1) is 10.2 Å². The number of nitrogens with zero attached hydrogens (tertiary/aromatic N) is 6. The molecule has 3 aromatic rings. The summed E-state index contributed by atoms with van der Waals surface area (Å²) in [4.78, 5) is 40.9. The Labute approximate surface area is 204 Å². The zero-order valence-electron chi connectivity index (χ0n) is 19.0. The number of halogens is 1. The van der Waals surface area contributed by atoms with Crippen molar-refractivity contribution in [2.45, 2.75) is 38.5 Å². The minimum absolute atomic E-state index is 0.189. The zero-order chi connectivity index (χ0) is 26.0. The second kappa shape index (κ2) is 10.4. The van der Waals surface area contributed by atoms with Gasteiger partial charge in [-0.05, 0) is 55.2 Å². The number of hydrogen-bond donors (Lipinski definition) is 4. The van der Waals surface area contributed by atoms with Crippen LogP contribution in [-0.2, 0) is 15.8 Å². The lowest BCUT2D eigenvalue weighted by Crippen LogP contribution is -2.32. The van der Waals surface area contributed by atoms with E-state index in [1.165, 1.54) is 15.8 Å². The van der Waals surface area contributed by atoms with E-state index in [1.807, 2.05) is 6.92 Å². The van der Waals surface area contributed by atoms with Crippen LogP contribution in [0.1, 0.15) is 19.8 Å². The third kappa shape index (κ3) is 6.28. The lowest BCUT2D eigenvalue weighted by Gasteiger charge is -2.16. The normalized spacial score (nSPS) is 18.4. The van der Waals surface area contributed by atoms with Gasteiger partial charge in [-0.1, -0.05) is 6.07 Å². The van der Waals surface area contributed by atoms with E-state index in [0.29, 0.717) is 34.9 Å². The number of ether oxygens (including phenoxy) is 1. The Balaban J connectivity index is 0.000000556. The summed E-state index contributed by atoms with van der Waals surface area (Å²) in [5.74, 6) is 0.106. The lowest BCUT2D eigenvalue weighted by atomic mass is 10.1. The molecule has 1 aliphatic heterocycles. The molecule has 1 unspecified atom stereocenters. The third-order valence-electron chi connectivity index (χ3n) is 5.62. The van der Waals surface area contributed by atoms with Crippen molar-refractivity contribution in [3.8, 4) is 22.6 Å². The average molecular weight is 522 g/mol.